The molecule has 0 bridgehead atoms. The largest absolute Gasteiger partial charge is 0.491 e. The fraction of sp³-hybridized carbons (Fsp3) is 0.571. The maximum absolute atomic E-state index is 5.77. The number of ether oxygens (including phenoxy) is 2. The molecule has 1 aromatic rings. The third-order valence-electron chi connectivity index (χ3n) is 2.65. The number of benzene rings is 1. The number of unbranched alkanes of at least 4 members (excludes halogenated alkanes) is 1. The summed E-state index contributed by atoms with van der Waals surface area (Å²) in [6, 6.07) is 4.03. The molecule has 0 spiro atoms. The molecule has 2 N–H and O–H groups in total. The summed E-state index contributed by atoms with van der Waals surface area (Å²) in [5.74, 6) is 0.889. The van der Waals surface area contributed by atoms with Gasteiger partial charge in [-0.25, -0.2) is 0 Å². The van der Waals surface area contributed by atoms with Gasteiger partial charge in [0.05, 0.1) is 6.61 Å². The molecule has 0 aliphatic rings. The molecule has 18 heavy (non-hydrogen) atoms. The standard InChI is InChI=1S/C14H22BrNO2/c1-3-4-5-17-6-7-18-14-11(2)8-13(15)9-12(14)10-16/h8-9H,3-7,10,16H2,1-2H3. The predicted octanol–water partition coefficient (Wildman–Crippen LogP) is 3.41. The van der Waals surface area contributed by atoms with Crippen LogP contribution in [-0.2, 0) is 11.3 Å². The second-order valence-corrected chi connectivity index (χ2v) is 5.15. The summed E-state index contributed by atoms with van der Waals surface area (Å²) in [7, 11) is 0. The first kappa shape index (κ1) is 15.5. The van der Waals surface area contributed by atoms with Gasteiger partial charge in [-0.3, -0.25) is 0 Å². The molecule has 0 saturated heterocycles. The maximum Gasteiger partial charge on any atom is 0.126 e. The van der Waals surface area contributed by atoms with E-state index in [9.17, 15) is 0 Å². The van der Waals surface area contributed by atoms with Gasteiger partial charge in [-0.15, -0.1) is 0 Å². The van der Waals surface area contributed by atoms with Crippen molar-refractivity contribution >= 4 is 15.9 Å². The maximum atomic E-state index is 5.77. The Labute approximate surface area is 118 Å². The molecule has 1 rings (SSSR count). The van der Waals surface area contributed by atoms with Crippen LogP contribution < -0.4 is 10.5 Å². The molecule has 0 amide bonds. The first-order chi connectivity index (χ1) is 8.69. The summed E-state index contributed by atoms with van der Waals surface area (Å²) in [6.07, 6.45) is 2.26. The van der Waals surface area contributed by atoms with E-state index in [1.807, 2.05) is 19.1 Å². The van der Waals surface area contributed by atoms with Crippen LogP contribution in [0.2, 0.25) is 0 Å². The summed E-state index contributed by atoms with van der Waals surface area (Å²) in [6.45, 7) is 6.66. The minimum atomic E-state index is 0.478. The topological polar surface area (TPSA) is 44.5 Å². The summed E-state index contributed by atoms with van der Waals surface area (Å²) < 4.78 is 12.3. The molecule has 1 aromatic carbocycles. The number of hydrogen-bond donors (Lipinski definition) is 1. The molecule has 0 fully saturated rings. The number of aryl methyl sites for hydroxylation is 1. The van der Waals surface area contributed by atoms with Crippen molar-refractivity contribution in [3.05, 3.63) is 27.7 Å². The lowest BCUT2D eigenvalue weighted by molar-refractivity contribution is 0.0975. The smallest absolute Gasteiger partial charge is 0.126 e. The Morgan fingerprint density at radius 2 is 2.00 bits per heavy atom. The highest BCUT2D eigenvalue weighted by Gasteiger charge is 2.07. The van der Waals surface area contributed by atoms with Gasteiger partial charge in [0.25, 0.3) is 0 Å². The van der Waals surface area contributed by atoms with Crippen molar-refractivity contribution in [3.63, 3.8) is 0 Å². The normalized spacial score (nSPS) is 10.7. The van der Waals surface area contributed by atoms with E-state index in [0.29, 0.717) is 19.8 Å². The lowest BCUT2D eigenvalue weighted by Gasteiger charge is -2.14. The molecular weight excluding hydrogens is 294 g/mol. The van der Waals surface area contributed by atoms with Gasteiger partial charge >= 0.3 is 0 Å². The van der Waals surface area contributed by atoms with Crippen LogP contribution in [0.1, 0.15) is 30.9 Å². The first-order valence-corrected chi connectivity index (χ1v) is 7.18. The molecule has 0 heterocycles. The Bertz CT molecular complexity index is 369. The fourth-order valence-corrected chi connectivity index (χ4v) is 2.33. The van der Waals surface area contributed by atoms with Crippen molar-refractivity contribution < 1.29 is 9.47 Å². The van der Waals surface area contributed by atoms with E-state index in [-0.39, 0.29) is 0 Å². The Balaban J connectivity index is 2.46. The van der Waals surface area contributed by atoms with Gasteiger partial charge in [0.1, 0.15) is 12.4 Å². The summed E-state index contributed by atoms with van der Waals surface area (Å²) >= 11 is 3.46. The second-order valence-electron chi connectivity index (χ2n) is 4.23. The Kier molecular flexibility index (Phi) is 7.32. The van der Waals surface area contributed by atoms with Crippen LogP contribution >= 0.6 is 15.9 Å². The zero-order valence-electron chi connectivity index (χ0n) is 11.2. The van der Waals surface area contributed by atoms with E-state index < -0.39 is 0 Å². The third-order valence-corrected chi connectivity index (χ3v) is 3.11. The van der Waals surface area contributed by atoms with Crippen molar-refractivity contribution in [3.8, 4) is 5.75 Å². The molecule has 0 radical (unpaired) electrons. The van der Waals surface area contributed by atoms with Crippen LogP contribution in [0.3, 0.4) is 0 Å². The van der Waals surface area contributed by atoms with Gasteiger partial charge in [0, 0.05) is 23.2 Å². The van der Waals surface area contributed by atoms with Crippen LogP contribution in [0.5, 0.6) is 5.75 Å². The van der Waals surface area contributed by atoms with Crippen LogP contribution in [0, 0.1) is 6.92 Å². The summed E-state index contributed by atoms with van der Waals surface area (Å²) in [5, 5.41) is 0. The Morgan fingerprint density at radius 3 is 2.67 bits per heavy atom. The number of hydrogen-bond acceptors (Lipinski definition) is 3. The predicted molar refractivity (Wildman–Crippen MR) is 78.0 cm³/mol. The zero-order valence-corrected chi connectivity index (χ0v) is 12.8. The van der Waals surface area contributed by atoms with Crippen LogP contribution in [-0.4, -0.2) is 19.8 Å². The lowest BCUT2D eigenvalue weighted by Crippen LogP contribution is -2.10. The quantitative estimate of drug-likeness (QED) is 0.748. The average molecular weight is 316 g/mol. The lowest BCUT2D eigenvalue weighted by atomic mass is 10.1. The third kappa shape index (κ3) is 4.96. The van der Waals surface area contributed by atoms with Crippen molar-refractivity contribution in [2.75, 3.05) is 19.8 Å². The number of rotatable bonds is 8. The van der Waals surface area contributed by atoms with Crippen LogP contribution in [0.25, 0.3) is 0 Å². The minimum absolute atomic E-state index is 0.478. The van der Waals surface area contributed by atoms with Gasteiger partial charge in [-0.1, -0.05) is 29.3 Å². The number of nitrogens with two attached hydrogens (primary N) is 1. The Hall–Kier alpha value is -0.580. The van der Waals surface area contributed by atoms with E-state index in [4.69, 9.17) is 15.2 Å². The van der Waals surface area contributed by atoms with Crippen LogP contribution in [0.4, 0.5) is 0 Å². The zero-order chi connectivity index (χ0) is 13.4. The van der Waals surface area contributed by atoms with E-state index >= 15 is 0 Å². The SMILES string of the molecule is CCCCOCCOc1c(C)cc(Br)cc1CN. The highest BCUT2D eigenvalue weighted by molar-refractivity contribution is 9.10. The minimum Gasteiger partial charge on any atom is -0.491 e. The molecule has 0 aliphatic carbocycles. The van der Waals surface area contributed by atoms with E-state index in [1.54, 1.807) is 0 Å². The molecular formula is C14H22BrNO2. The highest BCUT2D eigenvalue weighted by atomic mass is 79.9. The van der Waals surface area contributed by atoms with Crippen molar-refractivity contribution in [1.29, 1.82) is 0 Å². The summed E-state index contributed by atoms with van der Waals surface area (Å²) in [4.78, 5) is 0. The Morgan fingerprint density at radius 1 is 1.22 bits per heavy atom. The summed E-state index contributed by atoms with van der Waals surface area (Å²) in [5.41, 5.74) is 7.85. The van der Waals surface area contributed by atoms with Gasteiger partial charge in [-0.05, 0) is 31.0 Å². The van der Waals surface area contributed by atoms with Crippen molar-refractivity contribution in [1.82, 2.24) is 0 Å². The molecule has 0 atom stereocenters. The van der Waals surface area contributed by atoms with E-state index in [2.05, 4.69) is 22.9 Å². The van der Waals surface area contributed by atoms with Gasteiger partial charge in [0.2, 0.25) is 0 Å². The monoisotopic (exact) mass is 315 g/mol. The van der Waals surface area contributed by atoms with Crippen molar-refractivity contribution in [2.24, 2.45) is 5.73 Å². The molecule has 3 nitrogen and oxygen atoms in total. The first-order valence-electron chi connectivity index (χ1n) is 6.38. The highest BCUT2D eigenvalue weighted by Crippen LogP contribution is 2.27. The molecule has 0 aliphatic heterocycles. The molecule has 0 unspecified atom stereocenters. The van der Waals surface area contributed by atoms with Gasteiger partial charge < -0.3 is 15.2 Å². The van der Waals surface area contributed by atoms with E-state index in [0.717, 1.165) is 40.8 Å². The molecule has 0 saturated carbocycles. The molecule has 4 heteroatoms. The van der Waals surface area contributed by atoms with Gasteiger partial charge in [-0.2, -0.15) is 0 Å². The van der Waals surface area contributed by atoms with Gasteiger partial charge in [0.15, 0.2) is 0 Å². The molecule has 102 valence electrons. The number of halogens is 1. The fourth-order valence-electron chi connectivity index (χ4n) is 1.71. The van der Waals surface area contributed by atoms with Crippen molar-refractivity contribution in [2.45, 2.75) is 33.2 Å². The van der Waals surface area contributed by atoms with E-state index in [1.165, 1.54) is 0 Å². The van der Waals surface area contributed by atoms with Crippen LogP contribution in [0.15, 0.2) is 16.6 Å². The second kappa shape index (κ2) is 8.51. The average Bonchev–Trinajstić information content (AvgIpc) is 2.35. The molecule has 0 aromatic heterocycles.